The van der Waals surface area contributed by atoms with Gasteiger partial charge in [-0.15, -0.1) is 0 Å². The molecule has 1 N–H and O–H groups in total. The average Bonchev–Trinajstić information content (AvgIpc) is 3.52. The lowest BCUT2D eigenvalue weighted by atomic mass is 10.0. The summed E-state index contributed by atoms with van der Waals surface area (Å²) in [5.74, 6) is 1.34. The van der Waals surface area contributed by atoms with Gasteiger partial charge in [-0.1, -0.05) is 12.1 Å². The highest BCUT2D eigenvalue weighted by atomic mass is 19.1. The number of nitrogens with zero attached hydrogens (tertiary/aromatic N) is 6. The van der Waals surface area contributed by atoms with Crippen molar-refractivity contribution in [3.05, 3.63) is 47.8 Å². The van der Waals surface area contributed by atoms with Crippen LogP contribution >= 0.6 is 0 Å². The number of nitrogens with one attached hydrogen (secondary N) is 1. The molecule has 0 aliphatic carbocycles. The highest BCUT2D eigenvalue weighted by Crippen LogP contribution is 2.24. The number of aryl methyl sites for hydroxylation is 1. The van der Waals surface area contributed by atoms with Crippen LogP contribution in [0.5, 0.6) is 0 Å². The lowest BCUT2D eigenvalue weighted by Gasteiger charge is -2.35. The molecule has 4 heterocycles. The molecule has 3 aromatic rings. The van der Waals surface area contributed by atoms with Crippen molar-refractivity contribution in [3.8, 4) is 0 Å². The van der Waals surface area contributed by atoms with Gasteiger partial charge in [0.25, 0.3) is 0 Å². The molecule has 2 aromatic heterocycles. The molecule has 2 aliphatic rings. The van der Waals surface area contributed by atoms with E-state index in [1.807, 2.05) is 18.5 Å². The topological polar surface area (TPSA) is 62.1 Å². The van der Waals surface area contributed by atoms with Crippen molar-refractivity contribution < 1.29 is 4.39 Å². The van der Waals surface area contributed by atoms with Gasteiger partial charge in [-0.3, -0.25) is 0 Å². The number of imidazole rings is 1. The number of hydrogen-bond donors (Lipinski definition) is 1. The maximum absolute atomic E-state index is 13.4. The summed E-state index contributed by atoms with van der Waals surface area (Å²) in [5, 5.41) is 3.71. The third-order valence-corrected chi connectivity index (χ3v) is 7.46. The molecule has 0 saturated carbocycles. The predicted molar refractivity (Wildman–Crippen MR) is 138 cm³/mol. The van der Waals surface area contributed by atoms with Gasteiger partial charge in [-0.25, -0.2) is 19.3 Å². The van der Waals surface area contributed by atoms with Crippen LogP contribution in [0.4, 0.5) is 10.2 Å². The maximum atomic E-state index is 13.4. The Labute approximate surface area is 207 Å². The third-order valence-electron chi connectivity index (χ3n) is 7.46. The molecule has 7 nitrogen and oxygen atoms in total. The summed E-state index contributed by atoms with van der Waals surface area (Å²) in [7, 11) is 0. The van der Waals surface area contributed by atoms with Crippen LogP contribution in [-0.2, 0) is 13.0 Å². The average molecular weight is 480 g/mol. The molecule has 8 heteroatoms. The molecule has 2 aliphatic heterocycles. The quantitative estimate of drug-likeness (QED) is 0.493. The zero-order valence-electron chi connectivity index (χ0n) is 21.1. The molecule has 5 rings (SSSR count). The van der Waals surface area contributed by atoms with Crippen LogP contribution < -0.4 is 5.32 Å². The number of hydrogen-bond acceptors (Lipinski definition) is 6. The third kappa shape index (κ3) is 5.98. The second-order valence-corrected chi connectivity index (χ2v) is 10.4. The summed E-state index contributed by atoms with van der Waals surface area (Å²) in [5.41, 5.74) is 2.74. The van der Waals surface area contributed by atoms with E-state index < -0.39 is 0 Å². The second-order valence-electron chi connectivity index (χ2n) is 10.4. The van der Waals surface area contributed by atoms with Gasteiger partial charge in [0.2, 0.25) is 0 Å². The Hall–Kier alpha value is -2.58. The smallest absolute Gasteiger partial charge is 0.165 e. The molecular weight excluding hydrogens is 441 g/mol. The van der Waals surface area contributed by atoms with Crippen LogP contribution in [0.2, 0.25) is 0 Å². The maximum Gasteiger partial charge on any atom is 0.165 e. The van der Waals surface area contributed by atoms with Crippen molar-refractivity contribution in [2.75, 3.05) is 38.0 Å². The summed E-state index contributed by atoms with van der Waals surface area (Å²) in [6.45, 7) is 11.2. The van der Waals surface area contributed by atoms with Crippen molar-refractivity contribution in [2.45, 2.75) is 71.0 Å². The van der Waals surface area contributed by atoms with Gasteiger partial charge < -0.3 is 19.7 Å². The first kappa shape index (κ1) is 24.1. The van der Waals surface area contributed by atoms with E-state index in [-0.39, 0.29) is 5.82 Å². The number of rotatable bonds is 9. The fraction of sp³-hybridized carbons (Fsp3) is 0.593. The number of benzene rings is 1. The molecule has 2 fully saturated rings. The molecular formula is C27H38FN7. The van der Waals surface area contributed by atoms with Crippen LogP contribution in [-0.4, -0.2) is 74.1 Å². The van der Waals surface area contributed by atoms with E-state index in [9.17, 15) is 4.39 Å². The minimum absolute atomic E-state index is 0.226. The Morgan fingerprint density at radius 3 is 2.46 bits per heavy atom. The zero-order valence-corrected chi connectivity index (χ0v) is 21.1. The predicted octanol–water partition coefficient (Wildman–Crippen LogP) is 4.33. The van der Waals surface area contributed by atoms with E-state index in [0.29, 0.717) is 18.5 Å². The van der Waals surface area contributed by atoms with Gasteiger partial charge in [0, 0.05) is 38.1 Å². The van der Waals surface area contributed by atoms with Crippen LogP contribution in [0, 0.1) is 5.82 Å². The molecule has 0 unspecified atom stereocenters. The molecule has 188 valence electrons. The molecule has 0 amide bonds. The highest BCUT2D eigenvalue weighted by Gasteiger charge is 2.23. The van der Waals surface area contributed by atoms with Gasteiger partial charge in [0.1, 0.15) is 17.2 Å². The standard InChI is InChI=1S/C27H38FN7/c1-20(2)34-16-10-23(11-17-34)30-26-25-27(32-24(31-26)18-21-6-8-22(28)9-7-21)35(19-29-25)15-5-14-33-12-3-4-13-33/h6-9,19-20,23H,3-5,10-18H2,1-2H3,(H,30,31,32). The van der Waals surface area contributed by atoms with Crippen LogP contribution in [0.15, 0.2) is 30.6 Å². The highest BCUT2D eigenvalue weighted by molar-refractivity contribution is 5.83. The number of anilines is 1. The largest absolute Gasteiger partial charge is 0.365 e. The number of piperidine rings is 1. The number of fused-ring (bicyclic) bond motifs is 1. The molecule has 0 bridgehead atoms. The summed E-state index contributed by atoms with van der Waals surface area (Å²) >= 11 is 0. The fourth-order valence-electron chi connectivity index (χ4n) is 5.34. The monoisotopic (exact) mass is 479 g/mol. The summed E-state index contributed by atoms with van der Waals surface area (Å²) in [6, 6.07) is 7.58. The molecule has 1 aromatic carbocycles. The van der Waals surface area contributed by atoms with Crippen LogP contribution in [0.1, 0.15) is 57.3 Å². The van der Waals surface area contributed by atoms with E-state index in [2.05, 4.69) is 33.5 Å². The Kier molecular flexibility index (Phi) is 7.58. The van der Waals surface area contributed by atoms with E-state index in [4.69, 9.17) is 15.0 Å². The minimum Gasteiger partial charge on any atom is -0.365 e. The lowest BCUT2D eigenvalue weighted by Crippen LogP contribution is -2.42. The number of aromatic nitrogens is 4. The van der Waals surface area contributed by atoms with Crippen molar-refractivity contribution in [1.29, 1.82) is 0 Å². The van der Waals surface area contributed by atoms with E-state index in [1.54, 1.807) is 0 Å². The first-order chi connectivity index (χ1) is 17.0. The number of halogens is 1. The zero-order chi connectivity index (χ0) is 24.2. The van der Waals surface area contributed by atoms with Gasteiger partial charge in [0.15, 0.2) is 11.5 Å². The van der Waals surface area contributed by atoms with Gasteiger partial charge in [-0.05, 0) is 83.3 Å². The molecule has 0 radical (unpaired) electrons. The summed E-state index contributed by atoms with van der Waals surface area (Å²) < 4.78 is 15.6. The Morgan fingerprint density at radius 2 is 1.74 bits per heavy atom. The van der Waals surface area contributed by atoms with E-state index >= 15 is 0 Å². The van der Waals surface area contributed by atoms with Gasteiger partial charge in [0.05, 0.1) is 6.33 Å². The Morgan fingerprint density at radius 1 is 1.00 bits per heavy atom. The first-order valence-electron chi connectivity index (χ1n) is 13.2. The van der Waals surface area contributed by atoms with Crippen molar-refractivity contribution in [2.24, 2.45) is 0 Å². The Balaban J connectivity index is 1.36. The van der Waals surface area contributed by atoms with Crippen molar-refractivity contribution in [1.82, 2.24) is 29.3 Å². The Bertz CT molecular complexity index is 1100. The molecule has 0 atom stereocenters. The molecule has 0 spiro atoms. The van der Waals surface area contributed by atoms with Gasteiger partial charge in [-0.2, -0.15) is 0 Å². The molecule has 35 heavy (non-hydrogen) atoms. The van der Waals surface area contributed by atoms with E-state index in [0.717, 1.165) is 73.8 Å². The normalized spacial score (nSPS) is 18.2. The molecule has 2 saturated heterocycles. The van der Waals surface area contributed by atoms with Crippen molar-refractivity contribution in [3.63, 3.8) is 0 Å². The van der Waals surface area contributed by atoms with Crippen LogP contribution in [0.3, 0.4) is 0 Å². The second kappa shape index (κ2) is 11.0. The SMILES string of the molecule is CC(C)N1CCC(Nc2nc(Cc3ccc(F)cc3)nc3c2ncn3CCCN2CCCC2)CC1. The van der Waals surface area contributed by atoms with Crippen molar-refractivity contribution >= 4 is 17.0 Å². The minimum atomic E-state index is -0.226. The van der Waals surface area contributed by atoms with E-state index in [1.165, 1.54) is 38.1 Å². The lowest BCUT2D eigenvalue weighted by molar-refractivity contribution is 0.177. The number of likely N-dealkylation sites (tertiary alicyclic amines) is 2. The summed E-state index contributed by atoms with van der Waals surface area (Å²) in [6.07, 6.45) is 8.38. The summed E-state index contributed by atoms with van der Waals surface area (Å²) in [4.78, 5) is 19.7. The van der Waals surface area contributed by atoms with Crippen LogP contribution in [0.25, 0.3) is 11.2 Å². The fourth-order valence-corrected chi connectivity index (χ4v) is 5.34. The van der Waals surface area contributed by atoms with Gasteiger partial charge >= 0.3 is 0 Å². The first-order valence-corrected chi connectivity index (χ1v) is 13.2.